The number of nitrogens with zero attached hydrogens (tertiary/aromatic N) is 1. The van der Waals surface area contributed by atoms with Gasteiger partial charge in [0, 0.05) is 23.3 Å². The van der Waals surface area contributed by atoms with Crippen LogP contribution in [0.3, 0.4) is 0 Å². The monoisotopic (exact) mass is 389 g/mol. The molecule has 3 rings (SSSR count). The van der Waals surface area contributed by atoms with E-state index in [4.69, 9.17) is 14.3 Å². The summed E-state index contributed by atoms with van der Waals surface area (Å²) in [5.41, 5.74) is 0.831. The molecule has 0 amide bonds. The predicted octanol–water partition coefficient (Wildman–Crippen LogP) is 5.74. The number of piperidine rings is 1. The first-order chi connectivity index (χ1) is 13.0. The summed E-state index contributed by atoms with van der Waals surface area (Å²) in [6.45, 7) is 19.3. The summed E-state index contributed by atoms with van der Waals surface area (Å²) in [6, 6.07) is 10.4. The first-order valence-electron chi connectivity index (χ1n) is 10.8. The number of rotatable bonds is 4. The van der Waals surface area contributed by atoms with Crippen molar-refractivity contribution in [3.8, 4) is 0 Å². The molecule has 4 heteroatoms. The van der Waals surface area contributed by atoms with Crippen molar-refractivity contribution in [2.75, 3.05) is 13.2 Å². The Morgan fingerprint density at radius 2 is 1.64 bits per heavy atom. The van der Waals surface area contributed by atoms with Crippen LogP contribution in [-0.2, 0) is 14.3 Å². The maximum Gasteiger partial charge on any atom is 0.174 e. The quantitative estimate of drug-likeness (QED) is 0.657. The zero-order chi connectivity index (χ0) is 20.8. The Hall–Kier alpha value is -0.940. The Kier molecular flexibility index (Phi) is 5.74. The standard InChI is InChI=1S/C24H39NO3/c1-9-23(8)19(3)24(26-16-21(4,5)17-27-24)15-22(6,7)25(23)28-18(2)20-13-11-10-12-14-20/h10-14,18-19H,9,15-17H2,1-8H3. The molecule has 0 radical (unpaired) electrons. The molecule has 2 aliphatic rings. The van der Waals surface area contributed by atoms with Gasteiger partial charge in [-0.15, -0.1) is 0 Å². The average Bonchev–Trinajstić information content (AvgIpc) is 2.66. The van der Waals surface area contributed by atoms with Gasteiger partial charge in [0.1, 0.15) is 6.10 Å². The van der Waals surface area contributed by atoms with Crippen LogP contribution in [0.25, 0.3) is 0 Å². The third-order valence-electron chi connectivity index (χ3n) is 6.95. The van der Waals surface area contributed by atoms with Crippen molar-refractivity contribution in [1.82, 2.24) is 5.06 Å². The lowest BCUT2D eigenvalue weighted by Gasteiger charge is -2.63. The number of ether oxygens (including phenoxy) is 2. The van der Waals surface area contributed by atoms with Gasteiger partial charge in [-0.3, -0.25) is 4.84 Å². The summed E-state index contributed by atoms with van der Waals surface area (Å²) in [4.78, 5) is 6.67. The predicted molar refractivity (Wildman–Crippen MR) is 113 cm³/mol. The van der Waals surface area contributed by atoms with E-state index in [0.717, 1.165) is 26.1 Å². The molecule has 1 aromatic rings. The van der Waals surface area contributed by atoms with Crippen LogP contribution < -0.4 is 0 Å². The van der Waals surface area contributed by atoms with Gasteiger partial charge in [-0.05, 0) is 39.7 Å². The molecule has 2 fully saturated rings. The van der Waals surface area contributed by atoms with Crippen LogP contribution in [0.4, 0.5) is 0 Å². The lowest BCUT2D eigenvalue weighted by atomic mass is 9.68. The SMILES string of the molecule is CCC1(C)C(C)C2(CC(C)(C)N1OC(C)c1ccccc1)OCC(C)(C)CO2. The number of hydrogen-bond acceptors (Lipinski definition) is 4. The second kappa shape index (κ2) is 7.39. The highest BCUT2D eigenvalue weighted by atomic mass is 16.7. The summed E-state index contributed by atoms with van der Waals surface area (Å²) in [5.74, 6) is -0.378. The van der Waals surface area contributed by atoms with Gasteiger partial charge in [-0.2, -0.15) is 5.06 Å². The zero-order valence-electron chi connectivity index (χ0n) is 19.0. The molecule has 1 spiro atoms. The van der Waals surface area contributed by atoms with Gasteiger partial charge in [-0.25, -0.2) is 0 Å². The van der Waals surface area contributed by atoms with Gasteiger partial charge in [0.25, 0.3) is 0 Å². The van der Waals surface area contributed by atoms with Gasteiger partial charge in [-0.1, -0.05) is 58.0 Å². The molecule has 2 heterocycles. The molecular formula is C24H39NO3. The van der Waals surface area contributed by atoms with Crippen LogP contribution in [0.15, 0.2) is 30.3 Å². The van der Waals surface area contributed by atoms with Gasteiger partial charge in [0.15, 0.2) is 5.79 Å². The number of hydroxylamine groups is 2. The van der Waals surface area contributed by atoms with E-state index in [9.17, 15) is 0 Å². The van der Waals surface area contributed by atoms with E-state index < -0.39 is 5.79 Å². The van der Waals surface area contributed by atoms with Crippen LogP contribution in [0.5, 0.6) is 0 Å². The molecule has 158 valence electrons. The maximum absolute atomic E-state index is 6.67. The minimum absolute atomic E-state index is 0.0141. The van der Waals surface area contributed by atoms with E-state index in [-0.39, 0.29) is 28.5 Å². The van der Waals surface area contributed by atoms with E-state index in [0.29, 0.717) is 0 Å². The van der Waals surface area contributed by atoms with Crippen molar-refractivity contribution in [2.24, 2.45) is 11.3 Å². The molecule has 3 atom stereocenters. The van der Waals surface area contributed by atoms with Gasteiger partial charge in [0.05, 0.1) is 18.8 Å². The Labute approximate surface area is 171 Å². The summed E-state index contributed by atoms with van der Waals surface area (Å²) < 4.78 is 13.0. The largest absolute Gasteiger partial charge is 0.349 e. The Bertz CT molecular complexity index is 662. The highest BCUT2D eigenvalue weighted by Crippen LogP contribution is 2.53. The average molecular weight is 390 g/mol. The fraction of sp³-hybridized carbons (Fsp3) is 0.750. The molecule has 0 aromatic heterocycles. The molecule has 0 aliphatic carbocycles. The van der Waals surface area contributed by atoms with E-state index in [1.807, 2.05) is 6.07 Å². The smallest absolute Gasteiger partial charge is 0.174 e. The molecule has 28 heavy (non-hydrogen) atoms. The third kappa shape index (κ3) is 3.77. The first kappa shape index (κ1) is 21.8. The fourth-order valence-electron chi connectivity index (χ4n) is 4.90. The minimum Gasteiger partial charge on any atom is -0.349 e. The van der Waals surface area contributed by atoms with Crippen molar-refractivity contribution in [3.05, 3.63) is 35.9 Å². The highest BCUT2D eigenvalue weighted by molar-refractivity contribution is 5.17. The van der Waals surface area contributed by atoms with Crippen LogP contribution in [0, 0.1) is 11.3 Å². The molecule has 4 nitrogen and oxygen atoms in total. The Morgan fingerprint density at radius 3 is 2.18 bits per heavy atom. The van der Waals surface area contributed by atoms with Gasteiger partial charge < -0.3 is 9.47 Å². The van der Waals surface area contributed by atoms with Crippen LogP contribution in [0.2, 0.25) is 0 Å². The Balaban J connectivity index is 1.90. The Morgan fingerprint density at radius 1 is 1.07 bits per heavy atom. The molecule has 1 aromatic carbocycles. The van der Waals surface area contributed by atoms with Crippen molar-refractivity contribution in [2.45, 2.75) is 91.2 Å². The molecule has 0 bridgehead atoms. The molecule has 3 unspecified atom stereocenters. The van der Waals surface area contributed by atoms with Crippen molar-refractivity contribution in [3.63, 3.8) is 0 Å². The molecule has 2 saturated heterocycles. The van der Waals surface area contributed by atoms with Crippen molar-refractivity contribution >= 4 is 0 Å². The van der Waals surface area contributed by atoms with E-state index in [1.54, 1.807) is 0 Å². The fourth-order valence-corrected chi connectivity index (χ4v) is 4.90. The lowest BCUT2D eigenvalue weighted by molar-refractivity contribution is -0.412. The molecule has 2 aliphatic heterocycles. The summed E-state index contributed by atoms with van der Waals surface area (Å²) in [5, 5.41) is 2.25. The first-order valence-corrected chi connectivity index (χ1v) is 10.8. The maximum atomic E-state index is 6.67. The van der Waals surface area contributed by atoms with Crippen LogP contribution >= 0.6 is 0 Å². The third-order valence-corrected chi connectivity index (χ3v) is 6.95. The molecule has 0 saturated carbocycles. The topological polar surface area (TPSA) is 30.9 Å². The van der Waals surface area contributed by atoms with Crippen molar-refractivity contribution in [1.29, 1.82) is 0 Å². The van der Waals surface area contributed by atoms with Gasteiger partial charge >= 0.3 is 0 Å². The lowest BCUT2D eigenvalue weighted by Crippen LogP contribution is -2.73. The van der Waals surface area contributed by atoms with Crippen molar-refractivity contribution < 1.29 is 14.3 Å². The van der Waals surface area contributed by atoms with Crippen LogP contribution in [-0.4, -0.2) is 35.1 Å². The van der Waals surface area contributed by atoms with E-state index >= 15 is 0 Å². The second-order valence-corrected chi connectivity index (χ2v) is 10.4. The second-order valence-electron chi connectivity index (χ2n) is 10.4. The summed E-state index contributed by atoms with van der Waals surface area (Å²) >= 11 is 0. The minimum atomic E-state index is -0.556. The van der Waals surface area contributed by atoms with Crippen LogP contribution in [0.1, 0.15) is 79.9 Å². The number of benzene rings is 1. The van der Waals surface area contributed by atoms with E-state index in [1.165, 1.54) is 5.56 Å². The highest BCUT2D eigenvalue weighted by Gasteiger charge is 2.62. The zero-order valence-corrected chi connectivity index (χ0v) is 19.0. The normalized spacial score (nSPS) is 32.9. The molecule has 0 N–H and O–H groups in total. The van der Waals surface area contributed by atoms with E-state index in [2.05, 4.69) is 84.7 Å². The number of hydrogen-bond donors (Lipinski definition) is 0. The summed E-state index contributed by atoms with van der Waals surface area (Å²) in [7, 11) is 0. The molecular weight excluding hydrogens is 350 g/mol. The summed E-state index contributed by atoms with van der Waals surface area (Å²) in [6.07, 6.45) is 1.73. The van der Waals surface area contributed by atoms with Gasteiger partial charge in [0.2, 0.25) is 0 Å².